The third-order valence-corrected chi connectivity index (χ3v) is 2.13. The first-order valence-electron chi connectivity index (χ1n) is 3.72. The predicted molar refractivity (Wildman–Crippen MR) is 40.2 cm³/mol. The Morgan fingerprint density at radius 1 is 1.33 bits per heavy atom. The average molecular weight is 125 g/mol. The van der Waals surface area contributed by atoms with Gasteiger partial charge in [0.2, 0.25) is 0 Å². The summed E-state index contributed by atoms with van der Waals surface area (Å²) in [5, 5.41) is 0. The molecule has 0 atom stereocenters. The van der Waals surface area contributed by atoms with Crippen molar-refractivity contribution in [1.82, 2.24) is 0 Å². The van der Waals surface area contributed by atoms with E-state index in [0.717, 1.165) is 6.54 Å². The van der Waals surface area contributed by atoms with E-state index in [1.54, 1.807) is 5.57 Å². The predicted octanol–water partition coefficient (Wildman–Crippen LogP) is 1.84. The van der Waals surface area contributed by atoms with Crippen LogP contribution in [0.2, 0.25) is 0 Å². The maximum atomic E-state index is 5.54. The fourth-order valence-corrected chi connectivity index (χ4v) is 1.40. The highest BCUT2D eigenvalue weighted by molar-refractivity contribution is 5.15. The summed E-state index contributed by atoms with van der Waals surface area (Å²) in [5.74, 6) is 0. The molecule has 1 rings (SSSR count). The van der Waals surface area contributed by atoms with Crippen LogP contribution in [0, 0.1) is 0 Å². The highest BCUT2D eigenvalue weighted by Gasteiger charge is 2.05. The Hall–Kier alpha value is -0.300. The molecule has 0 spiro atoms. The summed E-state index contributed by atoms with van der Waals surface area (Å²) in [6.45, 7) is 2.99. The summed E-state index contributed by atoms with van der Waals surface area (Å²) in [6.07, 6.45) is 5.26. The van der Waals surface area contributed by atoms with Gasteiger partial charge in [0.1, 0.15) is 0 Å². The van der Waals surface area contributed by atoms with Gasteiger partial charge in [0.25, 0.3) is 0 Å². The van der Waals surface area contributed by atoms with Crippen molar-refractivity contribution in [2.45, 2.75) is 32.6 Å². The molecule has 2 N–H and O–H groups in total. The third-order valence-electron chi connectivity index (χ3n) is 2.13. The molecule has 0 aromatic rings. The lowest BCUT2D eigenvalue weighted by Gasteiger charge is -2.15. The van der Waals surface area contributed by atoms with Crippen molar-refractivity contribution < 1.29 is 0 Å². The smallest absolute Gasteiger partial charge is 0.0139 e. The number of hydrogen-bond acceptors (Lipinski definition) is 1. The molecule has 9 heavy (non-hydrogen) atoms. The van der Waals surface area contributed by atoms with Crippen LogP contribution in [-0.4, -0.2) is 6.54 Å². The lowest BCUT2D eigenvalue weighted by molar-refractivity contribution is 0.662. The largest absolute Gasteiger partial charge is 0.327 e. The molecule has 0 heterocycles. The molecule has 0 aromatic carbocycles. The van der Waals surface area contributed by atoms with Crippen molar-refractivity contribution in [3.05, 3.63) is 11.1 Å². The summed E-state index contributed by atoms with van der Waals surface area (Å²) in [4.78, 5) is 0. The Morgan fingerprint density at radius 3 is 2.44 bits per heavy atom. The quantitative estimate of drug-likeness (QED) is 0.532. The third kappa shape index (κ3) is 1.55. The summed E-state index contributed by atoms with van der Waals surface area (Å²) in [7, 11) is 0. The van der Waals surface area contributed by atoms with Gasteiger partial charge in [0, 0.05) is 6.54 Å². The van der Waals surface area contributed by atoms with E-state index in [1.165, 1.54) is 31.3 Å². The summed E-state index contributed by atoms with van der Waals surface area (Å²) in [5.41, 5.74) is 8.58. The minimum absolute atomic E-state index is 0.784. The molecule has 0 bridgehead atoms. The van der Waals surface area contributed by atoms with Gasteiger partial charge in [-0.1, -0.05) is 11.1 Å². The molecule has 0 aliphatic heterocycles. The Morgan fingerprint density at radius 2 is 2.00 bits per heavy atom. The Bertz CT molecular complexity index is 125. The van der Waals surface area contributed by atoms with Gasteiger partial charge >= 0.3 is 0 Å². The van der Waals surface area contributed by atoms with Crippen LogP contribution >= 0.6 is 0 Å². The Labute approximate surface area is 56.9 Å². The maximum absolute atomic E-state index is 5.54. The van der Waals surface area contributed by atoms with Gasteiger partial charge in [-0.25, -0.2) is 0 Å². The van der Waals surface area contributed by atoms with Gasteiger partial charge in [-0.3, -0.25) is 0 Å². The Kier molecular flexibility index (Phi) is 2.29. The van der Waals surface area contributed by atoms with E-state index in [0.29, 0.717) is 0 Å². The van der Waals surface area contributed by atoms with E-state index in [1.807, 2.05) is 0 Å². The maximum Gasteiger partial charge on any atom is 0.0139 e. The minimum atomic E-state index is 0.784. The van der Waals surface area contributed by atoms with Crippen molar-refractivity contribution in [2.24, 2.45) is 5.73 Å². The molecular formula is C8H15N. The van der Waals surface area contributed by atoms with Gasteiger partial charge in [-0.15, -0.1) is 0 Å². The zero-order chi connectivity index (χ0) is 6.69. The Balaban J connectivity index is 2.59. The van der Waals surface area contributed by atoms with Crippen molar-refractivity contribution in [2.75, 3.05) is 6.54 Å². The number of allylic oxidation sites excluding steroid dienone is 1. The molecule has 0 saturated carbocycles. The normalized spacial score (nSPS) is 20.7. The molecule has 0 radical (unpaired) electrons. The van der Waals surface area contributed by atoms with Crippen molar-refractivity contribution in [3.63, 3.8) is 0 Å². The minimum Gasteiger partial charge on any atom is -0.327 e. The van der Waals surface area contributed by atoms with Crippen LogP contribution in [-0.2, 0) is 0 Å². The SMILES string of the molecule is CC1=C(CN)CCCC1. The van der Waals surface area contributed by atoms with E-state index in [-0.39, 0.29) is 0 Å². The highest BCUT2D eigenvalue weighted by atomic mass is 14.5. The summed E-state index contributed by atoms with van der Waals surface area (Å²) in [6, 6.07) is 0. The fraction of sp³-hybridized carbons (Fsp3) is 0.750. The molecule has 0 saturated heterocycles. The fourth-order valence-electron chi connectivity index (χ4n) is 1.40. The molecule has 1 aliphatic rings. The van der Waals surface area contributed by atoms with E-state index >= 15 is 0 Å². The topological polar surface area (TPSA) is 26.0 Å². The first-order valence-corrected chi connectivity index (χ1v) is 3.72. The van der Waals surface area contributed by atoms with Crippen molar-refractivity contribution in [3.8, 4) is 0 Å². The van der Waals surface area contributed by atoms with Crippen molar-refractivity contribution >= 4 is 0 Å². The molecule has 52 valence electrons. The second kappa shape index (κ2) is 3.02. The first kappa shape index (κ1) is 6.81. The van der Waals surface area contributed by atoms with Crippen LogP contribution in [0.3, 0.4) is 0 Å². The van der Waals surface area contributed by atoms with Crippen LogP contribution < -0.4 is 5.73 Å². The van der Waals surface area contributed by atoms with E-state index in [2.05, 4.69) is 6.92 Å². The molecule has 1 heteroatoms. The van der Waals surface area contributed by atoms with Gasteiger partial charge in [-0.05, 0) is 32.6 Å². The highest BCUT2D eigenvalue weighted by Crippen LogP contribution is 2.22. The molecular weight excluding hydrogens is 110 g/mol. The second-order valence-corrected chi connectivity index (χ2v) is 2.80. The summed E-state index contributed by atoms with van der Waals surface area (Å²) >= 11 is 0. The van der Waals surface area contributed by atoms with Crippen LogP contribution in [0.5, 0.6) is 0 Å². The van der Waals surface area contributed by atoms with Gasteiger partial charge in [-0.2, -0.15) is 0 Å². The zero-order valence-corrected chi connectivity index (χ0v) is 6.11. The molecule has 0 amide bonds. The van der Waals surface area contributed by atoms with Crippen molar-refractivity contribution in [1.29, 1.82) is 0 Å². The number of hydrogen-bond donors (Lipinski definition) is 1. The molecule has 0 unspecified atom stereocenters. The molecule has 0 fully saturated rings. The lowest BCUT2D eigenvalue weighted by Crippen LogP contribution is -2.08. The van der Waals surface area contributed by atoms with Crippen LogP contribution in [0.1, 0.15) is 32.6 Å². The first-order chi connectivity index (χ1) is 4.34. The molecule has 1 aliphatic carbocycles. The number of nitrogens with two attached hydrogens (primary N) is 1. The van der Waals surface area contributed by atoms with Gasteiger partial charge < -0.3 is 5.73 Å². The second-order valence-electron chi connectivity index (χ2n) is 2.80. The van der Waals surface area contributed by atoms with Crippen LogP contribution in [0.25, 0.3) is 0 Å². The van der Waals surface area contributed by atoms with Gasteiger partial charge in [0.15, 0.2) is 0 Å². The van der Waals surface area contributed by atoms with E-state index in [4.69, 9.17) is 5.73 Å². The monoisotopic (exact) mass is 125 g/mol. The average Bonchev–Trinajstić information content (AvgIpc) is 1.89. The van der Waals surface area contributed by atoms with E-state index in [9.17, 15) is 0 Å². The van der Waals surface area contributed by atoms with Crippen LogP contribution in [0.4, 0.5) is 0 Å². The number of rotatable bonds is 1. The molecule has 0 aromatic heterocycles. The summed E-state index contributed by atoms with van der Waals surface area (Å²) < 4.78 is 0. The lowest BCUT2D eigenvalue weighted by atomic mass is 9.93. The molecule has 1 nitrogen and oxygen atoms in total. The van der Waals surface area contributed by atoms with Gasteiger partial charge in [0.05, 0.1) is 0 Å². The van der Waals surface area contributed by atoms with Crippen LogP contribution in [0.15, 0.2) is 11.1 Å². The standard InChI is InChI=1S/C8H15N/c1-7-4-2-3-5-8(7)6-9/h2-6,9H2,1H3. The van der Waals surface area contributed by atoms with E-state index < -0.39 is 0 Å². The zero-order valence-electron chi connectivity index (χ0n) is 6.11.